The van der Waals surface area contributed by atoms with E-state index in [1.165, 1.54) is 43.9 Å². The molecule has 0 aliphatic carbocycles. The van der Waals surface area contributed by atoms with Gasteiger partial charge in [-0.25, -0.2) is 4.39 Å². The number of carbonyl (C=O) groups is 1. The van der Waals surface area contributed by atoms with Crippen molar-refractivity contribution in [3.63, 3.8) is 0 Å². The van der Waals surface area contributed by atoms with Gasteiger partial charge in [-0.05, 0) is 24.6 Å². The van der Waals surface area contributed by atoms with Crippen molar-refractivity contribution < 1.29 is 13.9 Å². The Labute approximate surface area is 125 Å². The molecule has 3 N–H and O–H groups in total. The zero-order chi connectivity index (χ0) is 15.5. The summed E-state index contributed by atoms with van der Waals surface area (Å²) in [5.74, 6) is -0.759. The van der Waals surface area contributed by atoms with Gasteiger partial charge in [0.2, 0.25) is 5.91 Å². The average molecular weight is 296 g/mol. The van der Waals surface area contributed by atoms with Crippen LogP contribution in [0.1, 0.15) is 45.4 Å². The van der Waals surface area contributed by atoms with Crippen molar-refractivity contribution in [2.45, 2.75) is 45.4 Å². The first-order valence-electron chi connectivity index (χ1n) is 7.56. The van der Waals surface area contributed by atoms with E-state index in [0.29, 0.717) is 12.3 Å². The number of halogens is 1. The van der Waals surface area contributed by atoms with Gasteiger partial charge < -0.3 is 15.8 Å². The molecule has 118 valence electrons. The lowest BCUT2D eigenvalue weighted by Crippen LogP contribution is -2.19. The van der Waals surface area contributed by atoms with E-state index in [2.05, 4.69) is 12.2 Å². The number of hydrogen-bond acceptors (Lipinski definition) is 3. The topological polar surface area (TPSA) is 64.3 Å². The molecule has 0 aliphatic heterocycles. The van der Waals surface area contributed by atoms with E-state index < -0.39 is 5.82 Å². The lowest BCUT2D eigenvalue weighted by molar-refractivity contribution is -0.120. The molecule has 0 fully saturated rings. The molecule has 1 rings (SSSR count). The fourth-order valence-electron chi connectivity index (χ4n) is 1.97. The Bertz CT molecular complexity index is 438. The number of hydrogen-bond donors (Lipinski definition) is 2. The van der Waals surface area contributed by atoms with Crippen molar-refractivity contribution >= 4 is 17.3 Å². The van der Waals surface area contributed by atoms with Crippen LogP contribution in [0.2, 0.25) is 0 Å². The monoisotopic (exact) mass is 296 g/mol. The van der Waals surface area contributed by atoms with Gasteiger partial charge in [-0.15, -0.1) is 0 Å². The van der Waals surface area contributed by atoms with Crippen molar-refractivity contribution in [2.24, 2.45) is 0 Å². The minimum atomic E-state index is -0.438. The van der Waals surface area contributed by atoms with Crippen LogP contribution < -0.4 is 11.1 Å². The number of benzene rings is 1. The van der Waals surface area contributed by atoms with Crippen LogP contribution in [0.15, 0.2) is 18.2 Å². The summed E-state index contributed by atoms with van der Waals surface area (Å²) >= 11 is 0. The van der Waals surface area contributed by atoms with Gasteiger partial charge in [-0.1, -0.05) is 39.0 Å². The first kappa shape index (κ1) is 17.4. The summed E-state index contributed by atoms with van der Waals surface area (Å²) in [6.07, 6.45) is 7.06. The molecule has 0 radical (unpaired) electrons. The third kappa shape index (κ3) is 7.66. The summed E-state index contributed by atoms with van der Waals surface area (Å²) in [4.78, 5) is 11.6. The molecule has 0 spiro atoms. The maximum absolute atomic E-state index is 13.0. The summed E-state index contributed by atoms with van der Waals surface area (Å²) in [6.45, 7) is 2.72. The Hall–Kier alpha value is -1.62. The van der Waals surface area contributed by atoms with Gasteiger partial charge in [0.1, 0.15) is 12.4 Å². The van der Waals surface area contributed by atoms with Gasteiger partial charge >= 0.3 is 0 Å². The molecule has 4 nitrogen and oxygen atoms in total. The molecular weight excluding hydrogens is 271 g/mol. The smallest absolute Gasteiger partial charge is 0.250 e. The minimum Gasteiger partial charge on any atom is -0.397 e. The Morgan fingerprint density at radius 2 is 1.95 bits per heavy atom. The lowest BCUT2D eigenvalue weighted by Gasteiger charge is -2.08. The number of anilines is 2. The van der Waals surface area contributed by atoms with Crippen LogP contribution in [0, 0.1) is 5.82 Å². The van der Waals surface area contributed by atoms with E-state index in [1.54, 1.807) is 0 Å². The molecule has 1 aromatic rings. The number of nitrogens with one attached hydrogen (secondary N) is 1. The minimum absolute atomic E-state index is 0.0368. The van der Waals surface area contributed by atoms with Crippen molar-refractivity contribution in [3.8, 4) is 0 Å². The summed E-state index contributed by atoms with van der Waals surface area (Å²) in [7, 11) is 0. The molecule has 1 amide bonds. The zero-order valence-corrected chi connectivity index (χ0v) is 12.7. The number of unbranched alkanes of at least 4 members (excludes halogenated alkanes) is 5. The van der Waals surface area contributed by atoms with Crippen LogP contribution >= 0.6 is 0 Å². The molecular formula is C16H25FN2O2. The highest BCUT2D eigenvalue weighted by atomic mass is 19.1. The average Bonchev–Trinajstić information content (AvgIpc) is 2.46. The quantitative estimate of drug-likeness (QED) is 0.511. The summed E-state index contributed by atoms with van der Waals surface area (Å²) < 4.78 is 18.3. The second kappa shape index (κ2) is 10.2. The third-order valence-electron chi connectivity index (χ3n) is 3.16. The maximum Gasteiger partial charge on any atom is 0.250 e. The van der Waals surface area contributed by atoms with Crippen LogP contribution in [-0.2, 0) is 9.53 Å². The number of nitrogens with two attached hydrogens (primary N) is 1. The molecule has 0 saturated heterocycles. The van der Waals surface area contributed by atoms with E-state index in [0.717, 1.165) is 12.8 Å². The van der Waals surface area contributed by atoms with Crippen LogP contribution in [0.5, 0.6) is 0 Å². The van der Waals surface area contributed by atoms with Gasteiger partial charge in [-0.3, -0.25) is 4.79 Å². The second-order valence-corrected chi connectivity index (χ2v) is 5.10. The van der Waals surface area contributed by atoms with Gasteiger partial charge in [0.25, 0.3) is 0 Å². The summed E-state index contributed by atoms with van der Waals surface area (Å²) in [5.41, 5.74) is 6.26. The summed E-state index contributed by atoms with van der Waals surface area (Å²) in [5, 5.41) is 2.54. The van der Waals surface area contributed by atoms with E-state index in [-0.39, 0.29) is 18.2 Å². The molecule has 0 aliphatic rings. The van der Waals surface area contributed by atoms with E-state index in [1.807, 2.05) is 0 Å². The van der Waals surface area contributed by atoms with Crippen LogP contribution in [0.3, 0.4) is 0 Å². The molecule has 0 atom stereocenters. The number of carbonyl (C=O) groups excluding carboxylic acids is 1. The van der Waals surface area contributed by atoms with Crippen molar-refractivity contribution in [2.75, 3.05) is 24.3 Å². The van der Waals surface area contributed by atoms with Crippen molar-refractivity contribution in [1.82, 2.24) is 0 Å². The fourth-order valence-corrected chi connectivity index (χ4v) is 1.97. The largest absolute Gasteiger partial charge is 0.397 e. The predicted molar refractivity (Wildman–Crippen MR) is 83.6 cm³/mol. The lowest BCUT2D eigenvalue weighted by atomic mass is 10.1. The Kier molecular flexibility index (Phi) is 8.43. The highest BCUT2D eigenvalue weighted by Gasteiger charge is 2.06. The van der Waals surface area contributed by atoms with Gasteiger partial charge in [0.05, 0.1) is 11.4 Å². The second-order valence-electron chi connectivity index (χ2n) is 5.10. The SMILES string of the molecule is CCCCCCCCOCC(=O)Nc1cc(F)ccc1N. The predicted octanol–water partition coefficient (Wildman–Crippen LogP) is 3.72. The van der Waals surface area contributed by atoms with Crippen molar-refractivity contribution in [3.05, 3.63) is 24.0 Å². The number of ether oxygens (including phenoxy) is 1. The normalized spacial score (nSPS) is 10.6. The molecule has 0 bridgehead atoms. The Morgan fingerprint density at radius 1 is 1.24 bits per heavy atom. The van der Waals surface area contributed by atoms with Crippen LogP contribution in [0.4, 0.5) is 15.8 Å². The Morgan fingerprint density at radius 3 is 2.71 bits per heavy atom. The van der Waals surface area contributed by atoms with E-state index in [9.17, 15) is 9.18 Å². The summed E-state index contributed by atoms with van der Waals surface area (Å²) in [6, 6.07) is 3.86. The number of amides is 1. The third-order valence-corrected chi connectivity index (χ3v) is 3.16. The van der Waals surface area contributed by atoms with E-state index in [4.69, 9.17) is 10.5 Å². The molecule has 1 aromatic carbocycles. The molecule has 0 saturated carbocycles. The van der Waals surface area contributed by atoms with Gasteiger partial charge in [-0.2, -0.15) is 0 Å². The molecule has 0 heterocycles. The molecule has 0 unspecified atom stereocenters. The molecule has 21 heavy (non-hydrogen) atoms. The van der Waals surface area contributed by atoms with E-state index >= 15 is 0 Å². The highest BCUT2D eigenvalue weighted by molar-refractivity contribution is 5.94. The van der Waals surface area contributed by atoms with Crippen molar-refractivity contribution in [1.29, 1.82) is 0 Å². The number of rotatable bonds is 10. The van der Waals surface area contributed by atoms with Crippen LogP contribution in [0.25, 0.3) is 0 Å². The fraction of sp³-hybridized carbons (Fsp3) is 0.562. The first-order chi connectivity index (χ1) is 10.1. The zero-order valence-electron chi connectivity index (χ0n) is 12.7. The van der Waals surface area contributed by atoms with Crippen LogP contribution in [-0.4, -0.2) is 19.1 Å². The standard InChI is InChI=1S/C16H25FN2O2/c1-2-3-4-5-6-7-10-21-12-16(20)19-15-11-13(17)8-9-14(15)18/h8-9,11H,2-7,10,12,18H2,1H3,(H,19,20). The molecule has 0 aromatic heterocycles. The van der Waals surface area contributed by atoms with Gasteiger partial charge in [0.15, 0.2) is 0 Å². The maximum atomic E-state index is 13.0. The van der Waals surface area contributed by atoms with Gasteiger partial charge in [0, 0.05) is 6.61 Å². The highest BCUT2D eigenvalue weighted by Crippen LogP contribution is 2.18. The Balaban J connectivity index is 2.13. The molecule has 5 heteroatoms. The number of nitrogen functional groups attached to an aromatic ring is 1. The first-order valence-corrected chi connectivity index (χ1v) is 7.56.